The van der Waals surface area contributed by atoms with Crippen molar-refractivity contribution in [1.82, 2.24) is 0 Å². The number of hydrogen-bond acceptors (Lipinski definition) is 3. The zero-order chi connectivity index (χ0) is 12.9. The molecular weight excluding hydrogens is 212 g/mol. The Balaban J connectivity index is 3.05. The van der Waals surface area contributed by atoms with Gasteiger partial charge in [0.15, 0.2) is 0 Å². The molecule has 0 amide bonds. The third-order valence-corrected chi connectivity index (χ3v) is 3.63. The summed E-state index contributed by atoms with van der Waals surface area (Å²) in [5.74, 6) is 0.414. The van der Waals surface area contributed by atoms with Gasteiger partial charge in [0, 0.05) is 26.4 Å². The van der Waals surface area contributed by atoms with Crippen molar-refractivity contribution in [2.45, 2.75) is 19.4 Å². The van der Waals surface area contributed by atoms with E-state index in [0.717, 1.165) is 0 Å². The topological polar surface area (TPSA) is 38.5 Å². The van der Waals surface area contributed by atoms with E-state index in [2.05, 4.69) is 37.9 Å². The van der Waals surface area contributed by atoms with E-state index in [0.29, 0.717) is 19.1 Å². The summed E-state index contributed by atoms with van der Waals surface area (Å²) in [6, 6.07) is 10.3. The standard InChI is InChI=1S/C14H24N2O/c1-12(2)14(10-15,11-17-4)16(3)13-8-6-5-7-9-13/h5-9,12H,10-11,15H2,1-4H3. The van der Waals surface area contributed by atoms with Crippen molar-refractivity contribution in [2.24, 2.45) is 11.7 Å². The quantitative estimate of drug-likeness (QED) is 0.822. The molecule has 1 atom stereocenters. The lowest BCUT2D eigenvalue weighted by Crippen LogP contribution is -2.59. The van der Waals surface area contributed by atoms with Gasteiger partial charge in [-0.3, -0.25) is 0 Å². The Bertz CT molecular complexity index is 326. The molecular formula is C14H24N2O. The second-order valence-electron chi connectivity index (χ2n) is 4.79. The number of anilines is 1. The maximum atomic E-state index is 6.01. The van der Waals surface area contributed by atoms with Gasteiger partial charge in [0.1, 0.15) is 0 Å². The molecule has 1 unspecified atom stereocenters. The molecule has 1 rings (SSSR count). The highest BCUT2D eigenvalue weighted by Gasteiger charge is 2.37. The number of methoxy groups -OCH3 is 1. The minimum absolute atomic E-state index is 0.157. The van der Waals surface area contributed by atoms with Gasteiger partial charge in [-0.15, -0.1) is 0 Å². The summed E-state index contributed by atoms with van der Waals surface area (Å²) < 4.78 is 5.38. The van der Waals surface area contributed by atoms with Crippen LogP contribution < -0.4 is 10.6 Å². The van der Waals surface area contributed by atoms with Crippen LogP contribution in [0.25, 0.3) is 0 Å². The number of hydrogen-bond donors (Lipinski definition) is 1. The Morgan fingerprint density at radius 3 is 2.29 bits per heavy atom. The first-order valence-electron chi connectivity index (χ1n) is 6.06. The molecule has 3 nitrogen and oxygen atoms in total. The summed E-state index contributed by atoms with van der Waals surface area (Å²) in [6.07, 6.45) is 0. The number of para-hydroxylation sites is 1. The molecule has 0 aliphatic carbocycles. The third-order valence-electron chi connectivity index (χ3n) is 3.63. The molecule has 0 bridgehead atoms. The summed E-state index contributed by atoms with van der Waals surface area (Å²) in [4.78, 5) is 2.24. The molecule has 0 aromatic heterocycles. The van der Waals surface area contributed by atoms with Gasteiger partial charge in [0.2, 0.25) is 0 Å². The van der Waals surface area contributed by atoms with Crippen LogP contribution in [0.2, 0.25) is 0 Å². The zero-order valence-electron chi connectivity index (χ0n) is 11.3. The van der Waals surface area contributed by atoms with Gasteiger partial charge in [-0.05, 0) is 18.1 Å². The highest BCUT2D eigenvalue weighted by molar-refractivity contribution is 5.48. The van der Waals surface area contributed by atoms with Gasteiger partial charge >= 0.3 is 0 Å². The predicted octanol–water partition coefficient (Wildman–Crippen LogP) is 2.12. The Hall–Kier alpha value is -1.06. The molecule has 1 aromatic carbocycles. The van der Waals surface area contributed by atoms with Crippen LogP contribution in [0.4, 0.5) is 5.69 Å². The van der Waals surface area contributed by atoms with E-state index in [1.54, 1.807) is 7.11 Å². The molecule has 17 heavy (non-hydrogen) atoms. The highest BCUT2D eigenvalue weighted by Crippen LogP contribution is 2.28. The lowest BCUT2D eigenvalue weighted by Gasteiger charge is -2.45. The minimum atomic E-state index is -0.157. The van der Waals surface area contributed by atoms with Gasteiger partial charge in [-0.2, -0.15) is 0 Å². The second-order valence-corrected chi connectivity index (χ2v) is 4.79. The molecule has 0 saturated heterocycles. The zero-order valence-corrected chi connectivity index (χ0v) is 11.3. The van der Waals surface area contributed by atoms with Crippen LogP contribution in [-0.4, -0.2) is 32.8 Å². The first-order chi connectivity index (χ1) is 8.08. The van der Waals surface area contributed by atoms with Gasteiger partial charge in [0.05, 0.1) is 12.1 Å². The molecule has 0 aliphatic heterocycles. The van der Waals surface area contributed by atoms with Crippen molar-refractivity contribution in [2.75, 3.05) is 32.2 Å². The van der Waals surface area contributed by atoms with E-state index in [1.165, 1.54) is 5.69 Å². The molecule has 0 fully saturated rings. The molecule has 0 spiro atoms. The molecule has 0 aliphatic rings. The molecule has 96 valence electrons. The van der Waals surface area contributed by atoms with E-state index in [1.807, 2.05) is 18.2 Å². The van der Waals surface area contributed by atoms with E-state index in [-0.39, 0.29) is 5.54 Å². The second kappa shape index (κ2) is 6.03. The maximum Gasteiger partial charge on any atom is 0.0776 e. The van der Waals surface area contributed by atoms with E-state index >= 15 is 0 Å². The van der Waals surface area contributed by atoms with Crippen LogP contribution in [0.5, 0.6) is 0 Å². The summed E-state index contributed by atoms with van der Waals surface area (Å²) in [6.45, 7) is 5.58. The minimum Gasteiger partial charge on any atom is -0.382 e. The molecule has 2 N–H and O–H groups in total. The number of benzene rings is 1. The van der Waals surface area contributed by atoms with Crippen LogP contribution in [0.3, 0.4) is 0 Å². The van der Waals surface area contributed by atoms with Crippen molar-refractivity contribution >= 4 is 5.69 Å². The first kappa shape index (κ1) is 14.0. The molecule has 0 saturated carbocycles. The largest absolute Gasteiger partial charge is 0.382 e. The van der Waals surface area contributed by atoms with Crippen molar-refractivity contribution in [3.8, 4) is 0 Å². The Morgan fingerprint density at radius 2 is 1.88 bits per heavy atom. The number of ether oxygens (including phenoxy) is 1. The van der Waals surface area contributed by atoms with Crippen LogP contribution in [0, 0.1) is 5.92 Å². The third kappa shape index (κ3) is 2.79. The molecule has 0 heterocycles. The fourth-order valence-electron chi connectivity index (χ4n) is 2.24. The van der Waals surface area contributed by atoms with Crippen LogP contribution in [0.1, 0.15) is 13.8 Å². The molecule has 3 heteroatoms. The Kier molecular flexibility index (Phi) is 4.97. The number of nitrogens with zero attached hydrogens (tertiary/aromatic N) is 1. The van der Waals surface area contributed by atoms with E-state index < -0.39 is 0 Å². The Morgan fingerprint density at radius 1 is 1.29 bits per heavy atom. The van der Waals surface area contributed by atoms with Crippen molar-refractivity contribution in [3.63, 3.8) is 0 Å². The summed E-state index contributed by atoms with van der Waals surface area (Å²) in [7, 11) is 3.81. The maximum absolute atomic E-state index is 6.01. The lowest BCUT2D eigenvalue weighted by atomic mass is 9.85. The normalized spacial score (nSPS) is 14.7. The first-order valence-corrected chi connectivity index (χ1v) is 6.06. The number of likely N-dealkylation sites (N-methyl/N-ethyl adjacent to an activating group) is 1. The molecule has 0 radical (unpaired) electrons. The smallest absolute Gasteiger partial charge is 0.0776 e. The fourth-order valence-corrected chi connectivity index (χ4v) is 2.24. The van der Waals surface area contributed by atoms with Crippen LogP contribution >= 0.6 is 0 Å². The van der Waals surface area contributed by atoms with E-state index in [9.17, 15) is 0 Å². The fraction of sp³-hybridized carbons (Fsp3) is 0.571. The Labute approximate surface area is 105 Å². The van der Waals surface area contributed by atoms with Crippen molar-refractivity contribution in [1.29, 1.82) is 0 Å². The van der Waals surface area contributed by atoms with Gasteiger partial charge in [-0.1, -0.05) is 32.0 Å². The predicted molar refractivity (Wildman–Crippen MR) is 73.3 cm³/mol. The summed E-state index contributed by atoms with van der Waals surface area (Å²) in [5, 5.41) is 0. The van der Waals surface area contributed by atoms with E-state index in [4.69, 9.17) is 10.5 Å². The lowest BCUT2D eigenvalue weighted by molar-refractivity contribution is 0.106. The average molecular weight is 236 g/mol. The van der Waals surface area contributed by atoms with Gasteiger partial charge in [0.25, 0.3) is 0 Å². The average Bonchev–Trinajstić information content (AvgIpc) is 2.36. The van der Waals surface area contributed by atoms with Crippen LogP contribution in [-0.2, 0) is 4.74 Å². The number of nitrogens with two attached hydrogens (primary N) is 1. The van der Waals surface area contributed by atoms with Gasteiger partial charge in [-0.25, -0.2) is 0 Å². The SMILES string of the molecule is COCC(CN)(C(C)C)N(C)c1ccccc1. The van der Waals surface area contributed by atoms with Crippen LogP contribution in [0.15, 0.2) is 30.3 Å². The highest BCUT2D eigenvalue weighted by atomic mass is 16.5. The van der Waals surface area contributed by atoms with Crippen molar-refractivity contribution < 1.29 is 4.74 Å². The van der Waals surface area contributed by atoms with Gasteiger partial charge < -0.3 is 15.4 Å². The summed E-state index contributed by atoms with van der Waals surface area (Å²) >= 11 is 0. The molecule has 1 aromatic rings. The number of rotatable bonds is 6. The summed E-state index contributed by atoms with van der Waals surface area (Å²) in [5.41, 5.74) is 7.02. The van der Waals surface area contributed by atoms with Crippen molar-refractivity contribution in [3.05, 3.63) is 30.3 Å². The monoisotopic (exact) mass is 236 g/mol.